The summed E-state index contributed by atoms with van der Waals surface area (Å²) in [6.45, 7) is 7.35. The SMILES string of the molecule is CC(CN(C)C(=O)c1ccc(C(N)=O)cc1)C(=O)OC(C)(C)C. The molecule has 2 N–H and O–H groups in total. The number of benzene rings is 1. The highest BCUT2D eigenvalue weighted by atomic mass is 16.6. The third kappa shape index (κ3) is 5.73. The summed E-state index contributed by atoms with van der Waals surface area (Å²) in [5.74, 6) is -1.57. The number of hydrogen-bond acceptors (Lipinski definition) is 4. The molecule has 0 bridgehead atoms. The van der Waals surface area contributed by atoms with E-state index in [0.717, 1.165) is 0 Å². The van der Waals surface area contributed by atoms with Crippen LogP contribution in [0.25, 0.3) is 0 Å². The number of rotatable bonds is 5. The van der Waals surface area contributed by atoms with Gasteiger partial charge in [-0.15, -0.1) is 0 Å². The van der Waals surface area contributed by atoms with Crippen LogP contribution in [0.4, 0.5) is 0 Å². The van der Waals surface area contributed by atoms with E-state index in [0.29, 0.717) is 11.1 Å². The van der Waals surface area contributed by atoms with Crippen LogP contribution >= 0.6 is 0 Å². The lowest BCUT2D eigenvalue weighted by atomic mass is 10.1. The highest BCUT2D eigenvalue weighted by molar-refractivity contribution is 5.97. The lowest BCUT2D eigenvalue weighted by Gasteiger charge is -2.25. The molecule has 0 heterocycles. The van der Waals surface area contributed by atoms with Gasteiger partial charge in [0.25, 0.3) is 5.91 Å². The third-order valence-corrected chi connectivity index (χ3v) is 3.12. The van der Waals surface area contributed by atoms with Crippen molar-refractivity contribution in [3.05, 3.63) is 35.4 Å². The summed E-state index contributed by atoms with van der Waals surface area (Å²) in [6, 6.07) is 6.08. The minimum Gasteiger partial charge on any atom is -0.460 e. The second kappa shape index (κ2) is 7.26. The number of ether oxygens (including phenoxy) is 1. The van der Waals surface area contributed by atoms with Gasteiger partial charge in [0.15, 0.2) is 0 Å². The molecule has 1 atom stereocenters. The molecule has 0 aromatic heterocycles. The van der Waals surface area contributed by atoms with Crippen LogP contribution in [0.2, 0.25) is 0 Å². The van der Waals surface area contributed by atoms with Crippen molar-refractivity contribution in [1.82, 2.24) is 4.90 Å². The van der Waals surface area contributed by atoms with Crippen molar-refractivity contribution in [2.45, 2.75) is 33.3 Å². The number of esters is 1. The zero-order valence-corrected chi connectivity index (χ0v) is 14.3. The van der Waals surface area contributed by atoms with E-state index in [2.05, 4.69) is 0 Å². The van der Waals surface area contributed by atoms with Gasteiger partial charge in [-0.1, -0.05) is 6.92 Å². The number of nitrogens with two attached hydrogens (primary N) is 1. The number of nitrogens with zero attached hydrogens (tertiary/aromatic N) is 1. The standard InChI is InChI=1S/C17H24N2O4/c1-11(16(22)23-17(2,3)4)10-19(5)15(21)13-8-6-12(7-9-13)14(18)20/h6-9,11H,10H2,1-5H3,(H2,18,20). The molecule has 0 spiro atoms. The third-order valence-electron chi connectivity index (χ3n) is 3.12. The maximum absolute atomic E-state index is 12.3. The summed E-state index contributed by atoms with van der Waals surface area (Å²) in [4.78, 5) is 36.8. The van der Waals surface area contributed by atoms with Crippen LogP contribution in [0.3, 0.4) is 0 Å². The van der Waals surface area contributed by atoms with Gasteiger partial charge in [0.05, 0.1) is 5.92 Å². The predicted octanol–water partition coefficient (Wildman–Crippen LogP) is 1.84. The molecule has 0 fully saturated rings. The Bertz CT molecular complexity index is 588. The molecule has 1 unspecified atom stereocenters. The molecule has 0 saturated heterocycles. The lowest BCUT2D eigenvalue weighted by Crippen LogP contribution is -2.36. The topological polar surface area (TPSA) is 89.7 Å². The van der Waals surface area contributed by atoms with E-state index in [1.807, 2.05) is 0 Å². The molecule has 0 aliphatic carbocycles. The average Bonchev–Trinajstić information content (AvgIpc) is 2.44. The fraction of sp³-hybridized carbons (Fsp3) is 0.471. The fourth-order valence-electron chi connectivity index (χ4n) is 1.97. The van der Waals surface area contributed by atoms with Gasteiger partial charge in [-0.2, -0.15) is 0 Å². The molecule has 1 aromatic carbocycles. The second-order valence-corrected chi connectivity index (χ2v) is 6.56. The smallest absolute Gasteiger partial charge is 0.310 e. The van der Waals surface area contributed by atoms with Gasteiger partial charge in [0.2, 0.25) is 5.91 Å². The van der Waals surface area contributed by atoms with Crippen molar-refractivity contribution < 1.29 is 19.1 Å². The molecule has 1 aromatic rings. The van der Waals surface area contributed by atoms with Crippen LogP contribution in [0.5, 0.6) is 0 Å². The van der Waals surface area contributed by atoms with E-state index in [1.165, 1.54) is 29.2 Å². The number of carbonyl (C=O) groups is 3. The summed E-state index contributed by atoms with van der Waals surface area (Å²) in [5, 5.41) is 0. The Morgan fingerprint density at radius 1 is 1.13 bits per heavy atom. The van der Waals surface area contributed by atoms with Crippen LogP contribution in [0.1, 0.15) is 48.4 Å². The molecule has 6 heteroatoms. The number of amides is 2. The Kier molecular flexibility index (Phi) is 5.90. The molecular formula is C17H24N2O4. The minimum absolute atomic E-state index is 0.239. The molecule has 0 aliphatic heterocycles. The zero-order chi connectivity index (χ0) is 17.8. The van der Waals surface area contributed by atoms with Crippen LogP contribution in [-0.4, -0.2) is 41.9 Å². The van der Waals surface area contributed by atoms with Crippen molar-refractivity contribution in [1.29, 1.82) is 0 Å². The average molecular weight is 320 g/mol. The van der Waals surface area contributed by atoms with Gasteiger partial charge in [0.1, 0.15) is 5.60 Å². The van der Waals surface area contributed by atoms with Gasteiger partial charge in [0, 0.05) is 24.7 Å². The largest absolute Gasteiger partial charge is 0.460 e. The van der Waals surface area contributed by atoms with Crippen molar-refractivity contribution in [3.63, 3.8) is 0 Å². The first-order chi connectivity index (χ1) is 10.5. The van der Waals surface area contributed by atoms with Gasteiger partial charge >= 0.3 is 5.97 Å². The maximum Gasteiger partial charge on any atom is 0.310 e. The summed E-state index contributed by atoms with van der Waals surface area (Å²) < 4.78 is 5.30. The van der Waals surface area contributed by atoms with Crippen molar-refractivity contribution in [3.8, 4) is 0 Å². The summed E-state index contributed by atoms with van der Waals surface area (Å²) in [5.41, 5.74) is 5.37. The highest BCUT2D eigenvalue weighted by Gasteiger charge is 2.24. The van der Waals surface area contributed by atoms with Gasteiger partial charge in [-0.05, 0) is 45.0 Å². The van der Waals surface area contributed by atoms with Gasteiger partial charge in [-0.25, -0.2) is 0 Å². The van der Waals surface area contributed by atoms with Gasteiger partial charge in [-0.3, -0.25) is 14.4 Å². The highest BCUT2D eigenvalue weighted by Crippen LogP contribution is 2.13. The van der Waals surface area contributed by atoms with E-state index in [-0.39, 0.29) is 18.4 Å². The van der Waals surface area contributed by atoms with Crippen LogP contribution < -0.4 is 5.73 Å². The van der Waals surface area contributed by atoms with Crippen LogP contribution in [0.15, 0.2) is 24.3 Å². The molecule has 0 saturated carbocycles. The minimum atomic E-state index is -0.557. The van der Waals surface area contributed by atoms with Crippen LogP contribution in [-0.2, 0) is 9.53 Å². The first kappa shape index (κ1) is 18.7. The first-order valence-electron chi connectivity index (χ1n) is 7.39. The zero-order valence-electron chi connectivity index (χ0n) is 14.3. The number of primary amides is 1. The Morgan fingerprint density at radius 3 is 2.04 bits per heavy atom. The Labute approximate surface area is 136 Å². The molecular weight excluding hydrogens is 296 g/mol. The Morgan fingerprint density at radius 2 is 1.61 bits per heavy atom. The molecule has 0 aliphatic rings. The maximum atomic E-state index is 12.3. The number of carbonyl (C=O) groups excluding carboxylic acids is 3. The number of hydrogen-bond donors (Lipinski definition) is 1. The van der Waals surface area contributed by atoms with E-state index in [4.69, 9.17) is 10.5 Å². The molecule has 2 amide bonds. The van der Waals surface area contributed by atoms with Crippen LogP contribution in [0, 0.1) is 5.92 Å². The van der Waals surface area contributed by atoms with Crippen molar-refractivity contribution in [2.75, 3.05) is 13.6 Å². The molecule has 0 radical (unpaired) electrons. The van der Waals surface area contributed by atoms with E-state index >= 15 is 0 Å². The summed E-state index contributed by atoms with van der Waals surface area (Å²) in [7, 11) is 1.62. The lowest BCUT2D eigenvalue weighted by molar-refractivity contribution is -0.159. The summed E-state index contributed by atoms with van der Waals surface area (Å²) >= 11 is 0. The van der Waals surface area contributed by atoms with E-state index in [1.54, 1.807) is 34.7 Å². The Hall–Kier alpha value is -2.37. The monoisotopic (exact) mass is 320 g/mol. The predicted molar refractivity (Wildman–Crippen MR) is 86.9 cm³/mol. The summed E-state index contributed by atoms with van der Waals surface area (Å²) in [6.07, 6.45) is 0. The first-order valence-corrected chi connectivity index (χ1v) is 7.39. The van der Waals surface area contributed by atoms with Gasteiger partial charge < -0.3 is 15.4 Å². The van der Waals surface area contributed by atoms with E-state index < -0.39 is 17.4 Å². The second-order valence-electron chi connectivity index (χ2n) is 6.56. The normalized spacial score (nSPS) is 12.4. The fourth-order valence-corrected chi connectivity index (χ4v) is 1.97. The van der Waals surface area contributed by atoms with E-state index in [9.17, 15) is 14.4 Å². The molecule has 1 rings (SSSR count). The quantitative estimate of drug-likeness (QED) is 0.838. The Balaban J connectivity index is 2.69. The molecule has 23 heavy (non-hydrogen) atoms. The van der Waals surface area contributed by atoms with Crippen molar-refractivity contribution >= 4 is 17.8 Å². The van der Waals surface area contributed by atoms with Crippen molar-refractivity contribution in [2.24, 2.45) is 11.7 Å². The molecule has 126 valence electrons. The molecule has 6 nitrogen and oxygen atoms in total.